The zero-order valence-electron chi connectivity index (χ0n) is 13.4. The summed E-state index contributed by atoms with van der Waals surface area (Å²) in [6.07, 6.45) is -0.523. The van der Waals surface area contributed by atoms with E-state index in [1.165, 1.54) is 10.0 Å². The molecule has 1 aliphatic rings. The number of nitrogens with zero attached hydrogens (tertiary/aromatic N) is 2. The molecule has 3 amide bonds. The van der Waals surface area contributed by atoms with Crippen molar-refractivity contribution < 1.29 is 14.3 Å². The minimum absolute atomic E-state index is 0.263. The number of anilines is 1. The fraction of sp³-hybridized carbons (Fsp3) is 0.375. The van der Waals surface area contributed by atoms with Crippen LogP contribution >= 0.6 is 15.9 Å². The van der Waals surface area contributed by atoms with Gasteiger partial charge >= 0.3 is 12.1 Å². The number of rotatable bonds is 2. The van der Waals surface area contributed by atoms with E-state index in [0.717, 1.165) is 15.6 Å². The monoisotopic (exact) mass is 381 g/mol. The summed E-state index contributed by atoms with van der Waals surface area (Å²) in [6, 6.07) is 6.88. The van der Waals surface area contributed by atoms with Gasteiger partial charge in [-0.1, -0.05) is 27.1 Å². The summed E-state index contributed by atoms with van der Waals surface area (Å²) in [7, 11) is 0. The van der Waals surface area contributed by atoms with E-state index < -0.39 is 6.09 Å². The lowest BCUT2D eigenvalue weighted by molar-refractivity contribution is 0.0153. The number of benzene rings is 1. The van der Waals surface area contributed by atoms with Gasteiger partial charge in [-0.3, -0.25) is 0 Å². The Labute approximate surface area is 144 Å². The van der Waals surface area contributed by atoms with Gasteiger partial charge in [-0.25, -0.2) is 19.6 Å². The number of carbonyl (C=O) groups excluding carboxylic acids is 2. The third-order valence-electron chi connectivity index (χ3n) is 3.60. The summed E-state index contributed by atoms with van der Waals surface area (Å²) < 4.78 is 5.97. The van der Waals surface area contributed by atoms with E-state index in [1.807, 2.05) is 26.0 Å². The number of urea groups is 1. The van der Waals surface area contributed by atoms with Gasteiger partial charge in [0.2, 0.25) is 0 Å². The molecule has 1 aliphatic heterocycles. The highest BCUT2D eigenvalue weighted by atomic mass is 79.9. The topological polar surface area (TPSA) is 61.9 Å². The Hall–Kier alpha value is -2.02. The Balaban J connectivity index is 2.17. The first-order chi connectivity index (χ1) is 10.9. The smallest absolute Gasteiger partial charge is 0.429 e. The quantitative estimate of drug-likeness (QED) is 0.787. The first kappa shape index (κ1) is 17.3. The highest BCUT2D eigenvalue weighted by Gasteiger charge is 2.31. The van der Waals surface area contributed by atoms with E-state index in [0.29, 0.717) is 18.8 Å². The van der Waals surface area contributed by atoms with Crippen molar-refractivity contribution in [1.82, 2.24) is 10.0 Å². The van der Waals surface area contributed by atoms with Crippen molar-refractivity contribution in [1.29, 1.82) is 0 Å². The molecule has 0 radical (unpaired) electrons. The summed E-state index contributed by atoms with van der Waals surface area (Å²) in [5.41, 5.74) is 2.79. The number of hydrogen-bond acceptors (Lipinski definition) is 3. The van der Waals surface area contributed by atoms with Crippen LogP contribution in [0.3, 0.4) is 0 Å². The highest BCUT2D eigenvalue weighted by Crippen LogP contribution is 2.20. The molecular formula is C16H20BrN3O3. The molecule has 0 atom stereocenters. The second-order valence-corrected chi connectivity index (χ2v) is 6.23. The Morgan fingerprint density at radius 3 is 2.26 bits per heavy atom. The van der Waals surface area contributed by atoms with E-state index in [1.54, 1.807) is 19.1 Å². The van der Waals surface area contributed by atoms with Crippen LogP contribution in [-0.2, 0) is 4.74 Å². The van der Waals surface area contributed by atoms with Gasteiger partial charge in [0.25, 0.3) is 0 Å². The number of hydrazine groups is 1. The van der Waals surface area contributed by atoms with Crippen LogP contribution in [0.4, 0.5) is 15.3 Å². The van der Waals surface area contributed by atoms with Crippen molar-refractivity contribution in [3.8, 4) is 0 Å². The van der Waals surface area contributed by atoms with Gasteiger partial charge in [-0.15, -0.1) is 0 Å². The molecule has 7 heteroatoms. The predicted molar refractivity (Wildman–Crippen MR) is 92.0 cm³/mol. The van der Waals surface area contributed by atoms with Crippen LogP contribution in [-0.4, -0.2) is 41.8 Å². The summed E-state index contributed by atoms with van der Waals surface area (Å²) in [5.74, 6) is 0. The third kappa shape index (κ3) is 4.25. The molecule has 0 aliphatic carbocycles. The van der Waals surface area contributed by atoms with E-state index in [4.69, 9.17) is 4.74 Å². The number of amides is 3. The van der Waals surface area contributed by atoms with Crippen LogP contribution in [0.2, 0.25) is 0 Å². The van der Waals surface area contributed by atoms with Crippen LogP contribution in [0, 0.1) is 0 Å². The van der Waals surface area contributed by atoms with Crippen molar-refractivity contribution in [3.05, 3.63) is 39.9 Å². The van der Waals surface area contributed by atoms with Crippen LogP contribution in [0.1, 0.15) is 20.8 Å². The molecular weight excluding hydrogens is 362 g/mol. The second-order valence-electron chi connectivity index (χ2n) is 5.31. The van der Waals surface area contributed by atoms with Crippen molar-refractivity contribution in [2.45, 2.75) is 20.8 Å². The van der Waals surface area contributed by atoms with E-state index >= 15 is 0 Å². The summed E-state index contributed by atoms with van der Waals surface area (Å²) in [4.78, 5) is 24.7. The number of hydrogen-bond donors (Lipinski definition) is 1. The molecule has 1 N–H and O–H groups in total. The van der Waals surface area contributed by atoms with Crippen LogP contribution in [0.5, 0.6) is 0 Å². The molecule has 1 aromatic rings. The summed E-state index contributed by atoms with van der Waals surface area (Å²) in [5, 5.41) is 5.51. The van der Waals surface area contributed by atoms with Gasteiger partial charge in [-0.05, 0) is 45.0 Å². The molecule has 124 valence electrons. The SMILES string of the molecule is CCOC(=O)N1CC(C)=C(C)CN1C(=O)Nc1ccc(Br)cc1. The molecule has 0 saturated heterocycles. The fourth-order valence-corrected chi connectivity index (χ4v) is 2.42. The molecule has 23 heavy (non-hydrogen) atoms. The third-order valence-corrected chi connectivity index (χ3v) is 4.13. The van der Waals surface area contributed by atoms with E-state index in [-0.39, 0.29) is 12.6 Å². The average Bonchev–Trinajstić information content (AvgIpc) is 2.52. The van der Waals surface area contributed by atoms with E-state index in [2.05, 4.69) is 21.2 Å². The Bertz CT molecular complexity index is 628. The lowest BCUT2D eigenvalue weighted by Gasteiger charge is -2.38. The number of nitrogens with one attached hydrogen (secondary N) is 1. The van der Waals surface area contributed by atoms with Gasteiger partial charge in [0.15, 0.2) is 0 Å². The minimum Gasteiger partial charge on any atom is -0.448 e. The van der Waals surface area contributed by atoms with Gasteiger partial charge in [-0.2, -0.15) is 0 Å². The first-order valence-electron chi connectivity index (χ1n) is 7.36. The minimum atomic E-state index is -0.523. The molecule has 0 unspecified atom stereocenters. The maximum Gasteiger partial charge on any atom is 0.429 e. The molecule has 6 nitrogen and oxygen atoms in total. The molecule has 0 aromatic heterocycles. The zero-order valence-corrected chi connectivity index (χ0v) is 15.0. The number of carbonyl (C=O) groups is 2. The molecule has 0 bridgehead atoms. The normalized spacial score (nSPS) is 14.8. The van der Waals surface area contributed by atoms with Gasteiger partial charge in [0.1, 0.15) is 0 Å². The van der Waals surface area contributed by atoms with E-state index in [9.17, 15) is 9.59 Å². The fourth-order valence-electron chi connectivity index (χ4n) is 2.15. The molecule has 0 saturated carbocycles. The van der Waals surface area contributed by atoms with Crippen molar-refractivity contribution in [2.24, 2.45) is 0 Å². The van der Waals surface area contributed by atoms with Gasteiger partial charge in [0.05, 0.1) is 19.7 Å². The maximum atomic E-state index is 12.6. The Morgan fingerprint density at radius 2 is 1.70 bits per heavy atom. The van der Waals surface area contributed by atoms with Gasteiger partial charge in [0, 0.05) is 10.2 Å². The van der Waals surface area contributed by atoms with Gasteiger partial charge < -0.3 is 10.1 Å². The van der Waals surface area contributed by atoms with Crippen LogP contribution in [0.25, 0.3) is 0 Å². The van der Waals surface area contributed by atoms with Crippen molar-refractivity contribution in [2.75, 3.05) is 25.0 Å². The van der Waals surface area contributed by atoms with Crippen molar-refractivity contribution in [3.63, 3.8) is 0 Å². The summed E-state index contributed by atoms with van der Waals surface area (Å²) in [6.45, 7) is 6.61. The highest BCUT2D eigenvalue weighted by molar-refractivity contribution is 9.10. The zero-order chi connectivity index (χ0) is 17.0. The molecule has 1 aromatic carbocycles. The molecule has 1 heterocycles. The van der Waals surface area contributed by atoms with Crippen LogP contribution < -0.4 is 5.32 Å². The summed E-state index contributed by atoms with van der Waals surface area (Å²) >= 11 is 3.35. The number of ether oxygens (including phenoxy) is 1. The molecule has 2 rings (SSSR count). The maximum absolute atomic E-state index is 12.6. The standard InChI is InChI=1S/C16H20BrN3O3/c1-4-23-16(22)20-10-12(3)11(2)9-19(20)15(21)18-14-7-5-13(17)6-8-14/h5-8H,4,9-10H2,1-3H3,(H,18,21). The molecule has 0 spiro atoms. The number of halogens is 1. The second kappa shape index (κ2) is 7.50. The predicted octanol–water partition coefficient (Wildman–Crippen LogP) is 4.01. The molecule has 0 fully saturated rings. The Kier molecular flexibility index (Phi) is 5.65. The van der Waals surface area contributed by atoms with Crippen molar-refractivity contribution >= 4 is 33.7 Å². The lowest BCUT2D eigenvalue weighted by atomic mass is 10.1. The Morgan fingerprint density at radius 1 is 1.13 bits per heavy atom. The average molecular weight is 382 g/mol. The van der Waals surface area contributed by atoms with Crippen LogP contribution in [0.15, 0.2) is 39.9 Å². The largest absolute Gasteiger partial charge is 0.448 e. The first-order valence-corrected chi connectivity index (χ1v) is 8.15. The lowest BCUT2D eigenvalue weighted by Crippen LogP contribution is -2.55.